The van der Waals surface area contributed by atoms with E-state index in [9.17, 15) is 9.59 Å². The van der Waals surface area contributed by atoms with Crippen molar-refractivity contribution in [3.8, 4) is 0 Å². The van der Waals surface area contributed by atoms with Crippen LogP contribution in [0.4, 0.5) is 0 Å². The molecule has 6 heteroatoms. The van der Waals surface area contributed by atoms with Crippen LogP contribution in [0.25, 0.3) is 0 Å². The zero-order chi connectivity index (χ0) is 14.0. The fraction of sp³-hybridized carbons (Fsp3) is 0.583. The second-order valence-corrected chi connectivity index (χ2v) is 3.72. The van der Waals surface area contributed by atoms with Gasteiger partial charge in [-0.3, -0.25) is 14.6 Å². The maximum absolute atomic E-state index is 11.7. The molecule has 0 aliphatic heterocycles. The molecule has 0 radical (unpaired) electrons. The Morgan fingerprint density at radius 1 is 1.39 bits per heavy atom. The number of nitrogens with zero attached hydrogens (tertiary/aromatic N) is 2. The Bertz CT molecular complexity index is 337. The summed E-state index contributed by atoms with van der Waals surface area (Å²) in [5, 5.41) is 5.69. The molecule has 0 atom stereocenters. The maximum Gasteiger partial charge on any atom is 0.223 e. The van der Waals surface area contributed by atoms with Gasteiger partial charge in [0.05, 0.1) is 17.9 Å². The quantitative estimate of drug-likeness (QED) is 0.357. The van der Waals surface area contributed by atoms with E-state index in [1.54, 1.807) is 39.2 Å². The van der Waals surface area contributed by atoms with E-state index in [-0.39, 0.29) is 5.91 Å². The minimum Gasteiger partial charge on any atom is -0.384 e. The molecule has 0 spiro atoms. The van der Waals surface area contributed by atoms with Crippen LogP contribution in [0.2, 0.25) is 0 Å². The standard InChI is InChI=1S/C12H22N4O2/c1-5-15-10(11(9-17)14-3)8-16(4)12(18)6-7-13-2/h5,9,13-14H,6-8H2,1-4H3/b11-10-,15-5?. The lowest BCUT2D eigenvalue weighted by atomic mass is 10.3. The third-order valence-electron chi connectivity index (χ3n) is 2.38. The second-order valence-electron chi connectivity index (χ2n) is 3.72. The lowest BCUT2D eigenvalue weighted by Gasteiger charge is -2.18. The fourth-order valence-electron chi connectivity index (χ4n) is 1.36. The molecule has 102 valence electrons. The van der Waals surface area contributed by atoms with Gasteiger partial charge in [-0.2, -0.15) is 0 Å². The molecule has 0 aliphatic rings. The van der Waals surface area contributed by atoms with Crippen LogP contribution in [-0.2, 0) is 9.59 Å². The van der Waals surface area contributed by atoms with Crippen LogP contribution < -0.4 is 10.6 Å². The van der Waals surface area contributed by atoms with Crippen molar-refractivity contribution in [2.24, 2.45) is 4.99 Å². The van der Waals surface area contributed by atoms with Gasteiger partial charge in [0.1, 0.15) is 0 Å². The number of aliphatic imine (C=N–C) groups is 1. The summed E-state index contributed by atoms with van der Waals surface area (Å²) in [6.45, 7) is 2.70. The Labute approximate surface area is 108 Å². The average Bonchev–Trinajstić information content (AvgIpc) is 2.37. The van der Waals surface area contributed by atoms with Gasteiger partial charge in [0.25, 0.3) is 0 Å². The van der Waals surface area contributed by atoms with Crippen LogP contribution in [-0.4, -0.2) is 57.5 Å². The molecule has 18 heavy (non-hydrogen) atoms. The molecule has 0 aromatic rings. The van der Waals surface area contributed by atoms with Crippen LogP contribution in [0.5, 0.6) is 0 Å². The number of carbonyl (C=O) groups excluding carboxylic acids is 2. The van der Waals surface area contributed by atoms with Gasteiger partial charge in [0, 0.05) is 33.3 Å². The lowest BCUT2D eigenvalue weighted by molar-refractivity contribution is -0.129. The largest absolute Gasteiger partial charge is 0.384 e. The third kappa shape index (κ3) is 5.58. The number of nitrogens with one attached hydrogen (secondary N) is 2. The third-order valence-corrected chi connectivity index (χ3v) is 2.38. The normalized spacial score (nSPS) is 12.2. The Morgan fingerprint density at radius 2 is 2.06 bits per heavy atom. The highest BCUT2D eigenvalue weighted by molar-refractivity contribution is 5.78. The highest BCUT2D eigenvalue weighted by Gasteiger charge is 2.12. The predicted molar refractivity (Wildman–Crippen MR) is 72.5 cm³/mol. The van der Waals surface area contributed by atoms with Gasteiger partial charge in [0.15, 0.2) is 6.29 Å². The summed E-state index contributed by atoms with van der Waals surface area (Å²) in [4.78, 5) is 28.3. The van der Waals surface area contributed by atoms with E-state index < -0.39 is 0 Å². The summed E-state index contributed by atoms with van der Waals surface area (Å²) in [5.41, 5.74) is 0.941. The Kier molecular flexibility index (Phi) is 8.47. The number of hydrogen-bond acceptors (Lipinski definition) is 5. The molecular weight excluding hydrogens is 232 g/mol. The van der Waals surface area contributed by atoms with Crippen molar-refractivity contribution < 1.29 is 9.59 Å². The van der Waals surface area contributed by atoms with Crippen LogP contribution in [0.3, 0.4) is 0 Å². The molecule has 2 N–H and O–H groups in total. The number of likely N-dealkylation sites (N-methyl/N-ethyl adjacent to an activating group) is 2. The first-order chi connectivity index (χ1) is 8.60. The number of carbonyl (C=O) groups is 2. The van der Waals surface area contributed by atoms with E-state index in [4.69, 9.17) is 0 Å². The zero-order valence-electron chi connectivity index (χ0n) is 11.5. The molecule has 0 unspecified atom stereocenters. The number of aldehydes is 1. The van der Waals surface area contributed by atoms with Gasteiger partial charge < -0.3 is 15.5 Å². The fourth-order valence-corrected chi connectivity index (χ4v) is 1.36. The minimum absolute atomic E-state index is 0.00880. The number of hydrogen-bond donors (Lipinski definition) is 2. The molecule has 0 fully saturated rings. The van der Waals surface area contributed by atoms with E-state index in [0.29, 0.717) is 37.2 Å². The molecule has 1 amide bonds. The maximum atomic E-state index is 11.7. The van der Waals surface area contributed by atoms with Crippen molar-refractivity contribution in [1.82, 2.24) is 15.5 Å². The van der Waals surface area contributed by atoms with E-state index in [2.05, 4.69) is 15.6 Å². The number of amides is 1. The molecule has 0 aromatic heterocycles. The second kappa shape index (κ2) is 9.35. The Balaban J connectivity index is 4.74. The van der Waals surface area contributed by atoms with E-state index in [1.807, 2.05) is 0 Å². The van der Waals surface area contributed by atoms with Crippen molar-refractivity contribution in [3.05, 3.63) is 11.4 Å². The first kappa shape index (κ1) is 16.3. The molecule has 0 aliphatic carbocycles. The van der Waals surface area contributed by atoms with Crippen molar-refractivity contribution in [2.45, 2.75) is 13.3 Å². The molecule has 6 nitrogen and oxygen atoms in total. The van der Waals surface area contributed by atoms with Crippen LogP contribution in [0, 0.1) is 0 Å². The SMILES string of the molecule is CC=N/C(CN(C)C(=O)CCNC)=C(/C=O)NC. The van der Waals surface area contributed by atoms with Crippen LogP contribution >= 0.6 is 0 Å². The summed E-state index contributed by atoms with van der Waals surface area (Å²) in [6, 6.07) is 0. The topological polar surface area (TPSA) is 73.8 Å². The van der Waals surface area contributed by atoms with E-state index in [1.165, 1.54) is 0 Å². The summed E-state index contributed by atoms with van der Waals surface area (Å²) in [5.74, 6) is 0.00880. The van der Waals surface area contributed by atoms with Gasteiger partial charge in [0.2, 0.25) is 5.91 Å². The molecule has 0 bridgehead atoms. The Hall–Kier alpha value is -1.69. The number of rotatable bonds is 8. The minimum atomic E-state index is 0.00880. The van der Waals surface area contributed by atoms with Crippen molar-refractivity contribution in [2.75, 3.05) is 34.2 Å². The van der Waals surface area contributed by atoms with E-state index >= 15 is 0 Å². The molecule has 0 heterocycles. The van der Waals surface area contributed by atoms with Crippen molar-refractivity contribution in [1.29, 1.82) is 0 Å². The molecular formula is C12H22N4O2. The monoisotopic (exact) mass is 254 g/mol. The van der Waals surface area contributed by atoms with E-state index in [0.717, 1.165) is 0 Å². The lowest BCUT2D eigenvalue weighted by Crippen LogP contribution is -2.31. The van der Waals surface area contributed by atoms with Crippen LogP contribution in [0.15, 0.2) is 16.4 Å². The highest BCUT2D eigenvalue weighted by atomic mass is 16.2. The first-order valence-electron chi connectivity index (χ1n) is 5.84. The zero-order valence-corrected chi connectivity index (χ0v) is 11.5. The number of allylic oxidation sites excluding steroid dienone is 1. The van der Waals surface area contributed by atoms with Gasteiger partial charge in [-0.25, -0.2) is 0 Å². The predicted octanol–water partition coefficient (Wildman–Crippen LogP) is -0.225. The Morgan fingerprint density at radius 3 is 2.50 bits per heavy atom. The molecule has 0 aromatic carbocycles. The smallest absolute Gasteiger partial charge is 0.223 e. The van der Waals surface area contributed by atoms with Gasteiger partial charge >= 0.3 is 0 Å². The van der Waals surface area contributed by atoms with Crippen molar-refractivity contribution in [3.63, 3.8) is 0 Å². The molecule has 0 saturated carbocycles. The van der Waals surface area contributed by atoms with Crippen LogP contribution in [0.1, 0.15) is 13.3 Å². The highest BCUT2D eigenvalue weighted by Crippen LogP contribution is 2.04. The van der Waals surface area contributed by atoms with Gasteiger partial charge in [-0.1, -0.05) is 0 Å². The first-order valence-corrected chi connectivity index (χ1v) is 5.84. The summed E-state index contributed by atoms with van der Waals surface area (Å²) >= 11 is 0. The van der Waals surface area contributed by atoms with Gasteiger partial charge in [-0.15, -0.1) is 0 Å². The van der Waals surface area contributed by atoms with Gasteiger partial charge in [-0.05, 0) is 14.0 Å². The summed E-state index contributed by atoms with van der Waals surface area (Å²) < 4.78 is 0. The summed E-state index contributed by atoms with van der Waals surface area (Å²) in [7, 11) is 5.14. The van der Waals surface area contributed by atoms with Crippen molar-refractivity contribution >= 4 is 18.4 Å². The summed E-state index contributed by atoms with van der Waals surface area (Å²) in [6.07, 6.45) is 2.72. The molecule has 0 saturated heterocycles. The molecule has 0 rings (SSSR count). The average molecular weight is 254 g/mol.